The lowest BCUT2D eigenvalue weighted by molar-refractivity contribution is 0.324. The molecule has 106 valence electrons. The molecule has 0 saturated heterocycles. The number of hydrogen-bond donors (Lipinski definition) is 2. The molecule has 0 aliphatic carbocycles. The highest BCUT2D eigenvalue weighted by Crippen LogP contribution is 2.26. The average molecular weight is 272 g/mol. The highest BCUT2D eigenvalue weighted by molar-refractivity contribution is 5.54. The fourth-order valence-corrected chi connectivity index (χ4v) is 2.05. The second-order valence-electron chi connectivity index (χ2n) is 4.58. The molecule has 5 nitrogen and oxygen atoms in total. The first-order valence-corrected chi connectivity index (χ1v) is 6.68. The van der Waals surface area contributed by atoms with Crippen molar-refractivity contribution in [2.75, 3.05) is 17.7 Å². The van der Waals surface area contributed by atoms with Crippen LogP contribution in [0, 0.1) is 6.92 Å². The molecule has 0 aliphatic heterocycles. The van der Waals surface area contributed by atoms with Crippen LogP contribution in [0.4, 0.5) is 11.5 Å². The van der Waals surface area contributed by atoms with Gasteiger partial charge in [0, 0.05) is 5.69 Å². The van der Waals surface area contributed by atoms with Crippen molar-refractivity contribution in [2.45, 2.75) is 26.8 Å². The molecule has 1 heterocycles. The summed E-state index contributed by atoms with van der Waals surface area (Å²) in [5, 5.41) is 3.35. The predicted molar refractivity (Wildman–Crippen MR) is 80.8 cm³/mol. The summed E-state index contributed by atoms with van der Waals surface area (Å²) in [6.07, 6.45) is 1.50. The van der Waals surface area contributed by atoms with Gasteiger partial charge in [0.1, 0.15) is 12.1 Å². The summed E-state index contributed by atoms with van der Waals surface area (Å²) >= 11 is 0. The molecule has 1 aromatic carbocycles. The van der Waals surface area contributed by atoms with E-state index in [4.69, 9.17) is 10.5 Å². The molecular weight excluding hydrogens is 252 g/mol. The van der Waals surface area contributed by atoms with E-state index in [2.05, 4.69) is 15.3 Å². The van der Waals surface area contributed by atoms with Gasteiger partial charge in [0.25, 0.3) is 0 Å². The Morgan fingerprint density at radius 1 is 1.30 bits per heavy atom. The molecule has 5 heteroatoms. The van der Waals surface area contributed by atoms with Gasteiger partial charge in [-0.1, -0.05) is 18.2 Å². The number of anilines is 2. The SMILES string of the molecule is CCOc1ncnc(NC(C)c2ccccc2N)c1C. The molecule has 0 bridgehead atoms. The van der Waals surface area contributed by atoms with E-state index < -0.39 is 0 Å². The molecule has 1 unspecified atom stereocenters. The number of nitrogens with zero attached hydrogens (tertiary/aromatic N) is 2. The third kappa shape index (κ3) is 2.99. The van der Waals surface area contributed by atoms with Crippen molar-refractivity contribution in [3.8, 4) is 5.88 Å². The van der Waals surface area contributed by atoms with Gasteiger partial charge in [0.2, 0.25) is 5.88 Å². The van der Waals surface area contributed by atoms with Gasteiger partial charge in [-0.2, -0.15) is 0 Å². The van der Waals surface area contributed by atoms with Crippen LogP contribution in [-0.2, 0) is 0 Å². The van der Waals surface area contributed by atoms with Crippen LogP contribution >= 0.6 is 0 Å². The Labute approximate surface area is 119 Å². The number of rotatable bonds is 5. The highest BCUT2D eigenvalue weighted by atomic mass is 16.5. The van der Waals surface area contributed by atoms with Crippen molar-refractivity contribution < 1.29 is 4.74 Å². The van der Waals surface area contributed by atoms with E-state index >= 15 is 0 Å². The standard InChI is InChI=1S/C15H20N4O/c1-4-20-15-10(2)14(17-9-18-15)19-11(3)12-7-5-6-8-13(12)16/h5-9,11H,4,16H2,1-3H3,(H,17,18,19). The van der Waals surface area contributed by atoms with Crippen molar-refractivity contribution in [3.05, 3.63) is 41.7 Å². The molecule has 0 radical (unpaired) electrons. The molecule has 0 amide bonds. The molecule has 0 aliphatic rings. The van der Waals surface area contributed by atoms with Crippen LogP contribution in [0.15, 0.2) is 30.6 Å². The molecule has 0 spiro atoms. The summed E-state index contributed by atoms with van der Waals surface area (Å²) in [5.41, 5.74) is 8.70. The van der Waals surface area contributed by atoms with Gasteiger partial charge in [-0.15, -0.1) is 0 Å². The first kappa shape index (κ1) is 14.1. The molecule has 1 aromatic heterocycles. The van der Waals surface area contributed by atoms with Crippen molar-refractivity contribution in [1.82, 2.24) is 9.97 Å². The number of hydrogen-bond acceptors (Lipinski definition) is 5. The van der Waals surface area contributed by atoms with Crippen molar-refractivity contribution in [3.63, 3.8) is 0 Å². The van der Waals surface area contributed by atoms with Crippen molar-refractivity contribution >= 4 is 11.5 Å². The Hall–Kier alpha value is -2.30. The zero-order valence-electron chi connectivity index (χ0n) is 12.1. The molecule has 2 aromatic rings. The fraction of sp³-hybridized carbons (Fsp3) is 0.333. The zero-order chi connectivity index (χ0) is 14.5. The van der Waals surface area contributed by atoms with Crippen molar-refractivity contribution in [1.29, 1.82) is 0 Å². The van der Waals surface area contributed by atoms with Crippen LogP contribution in [0.3, 0.4) is 0 Å². The van der Waals surface area contributed by atoms with Crippen LogP contribution in [0.2, 0.25) is 0 Å². The lowest BCUT2D eigenvalue weighted by Crippen LogP contribution is -2.12. The average Bonchev–Trinajstić information content (AvgIpc) is 2.44. The van der Waals surface area contributed by atoms with Crippen LogP contribution in [-0.4, -0.2) is 16.6 Å². The van der Waals surface area contributed by atoms with Crippen molar-refractivity contribution in [2.24, 2.45) is 0 Å². The topological polar surface area (TPSA) is 73.1 Å². The number of para-hydroxylation sites is 1. The number of nitrogen functional groups attached to an aromatic ring is 1. The van der Waals surface area contributed by atoms with Gasteiger partial charge in [0.15, 0.2) is 0 Å². The maximum absolute atomic E-state index is 5.99. The molecule has 1 atom stereocenters. The monoisotopic (exact) mass is 272 g/mol. The lowest BCUT2D eigenvalue weighted by atomic mass is 10.1. The molecular formula is C15H20N4O. The largest absolute Gasteiger partial charge is 0.478 e. The Bertz CT molecular complexity index is 586. The second kappa shape index (κ2) is 6.23. The number of benzene rings is 1. The molecule has 2 rings (SSSR count). The quantitative estimate of drug-likeness (QED) is 0.819. The smallest absolute Gasteiger partial charge is 0.221 e. The van der Waals surface area contributed by atoms with E-state index in [9.17, 15) is 0 Å². The molecule has 20 heavy (non-hydrogen) atoms. The summed E-state index contributed by atoms with van der Waals surface area (Å²) < 4.78 is 5.47. The van der Waals surface area contributed by atoms with E-state index in [1.54, 1.807) is 0 Å². The van der Waals surface area contributed by atoms with Crippen LogP contribution in [0.5, 0.6) is 5.88 Å². The van der Waals surface area contributed by atoms with Crippen LogP contribution in [0.1, 0.15) is 31.0 Å². The summed E-state index contributed by atoms with van der Waals surface area (Å²) in [5.74, 6) is 1.37. The maximum Gasteiger partial charge on any atom is 0.221 e. The summed E-state index contributed by atoms with van der Waals surface area (Å²) in [6, 6.07) is 7.86. The van der Waals surface area contributed by atoms with Gasteiger partial charge >= 0.3 is 0 Å². The van der Waals surface area contributed by atoms with Gasteiger partial charge in [0.05, 0.1) is 18.2 Å². The van der Waals surface area contributed by atoms with E-state index in [-0.39, 0.29) is 6.04 Å². The minimum atomic E-state index is 0.0549. The Balaban J connectivity index is 2.22. The molecule has 0 saturated carbocycles. The summed E-state index contributed by atoms with van der Waals surface area (Å²) in [7, 11) is 0. The third-order valence-corrected chi connectivity index (χ3v) is 3.13. The Morgan fingerprint density at radius 2 is 2.05 bits per heavy atom. The number of nitrogens with one attached hydrogen (secondary N) is 1. The van der Waals surface area contributed by atoms with E-state index in [0.717, 1.165) is 22.6 Å². The fourth-order valence-electron chi connectivity index (χ4n) is 2.05. The Kier molecular flexibility index (Phi) is 4.40. The minimum Gasteiger partial charge on any atom is -0.478 e. The number of nitrogens with two attached hydrogens (primary N) is 1. The normalized spacial score (nSPS) is 11.9. The molecule has 0 fully saturated rings. The van der Waals surface area contributed by atoms with Gasteiger partial charge < -0.3 is 15.8 Å². The maximum atomic E-state index is 5.99. The van der Waals surface area contributed by atoms with Gasteiger partial charge in [-0.25, -0.2) is 9.97 Å². The number of ether oxygens (including phenoxy) is 1. The number of aromatic nitrogens is 2. The minimum absolute atomic E-state index is 0.0549. The predicted octanol–water partition coefficient (Wildman–Crippen LogP) is 2.94. The first-order valence-electron chi connectivity index (χ1n) is 6.68. The highest BCUT2D eigenvalue weighted by Gasteiger charge is 2.13. The Morgan fingerprint density at radius 3 is 2.75 bits per heavy atom. The first-order chi connectivity index (χ1) is 9.63. The van der Waals surface area contributed by atoms with E-state index in [0.29, 0.717) is 12.5 Å². The second-order valence-corrected chi connectivity index (χ2v) is 4.58. The van der Waals surface area contributed by atoms with Crippen LogP contribution in [0.25, 0.3) is 0 Å². The van der Waals surface area contributed by atoms with E-state index in [1.165, 1.54) is 6.33 Å². The molecule has 3 N–H and O–H groups in total. The summed E-state index contributed by atoms with van der Waals surface area (Å²) in [6.45, 7) is 6.50. The third-order valence-electron chi connectivity index (χ3n) is 3.13. The summed E-state index contributed by atoms with van der Waals surface area (Å²) in [4.78, 5) is 8.40. The lowest BCUT2D eigenvalue weighted by Gasteiger charge is -2.18. The van der Waals surface area contributed by atoms with E-state index in [1.807, 2.05) is 45.0 Å². The van der Waals surface area contributed by atoms with Crippen LogP contribution < -0.4 is 15.8 Å². The van der Waals surface area contributed by atoms with Gasteiger partial charge in [-0.3, -0.25) is 0 Å². The van der Waals surface area contributed by atoms with Gasteiger partial charge in [-0.05, 0) is 32.4 Å². The zero-order valence-corrected chi connectivity index (χ0v) is 12.1.